The van der Waals surface area contributed by atoms with E-state index < -0.39 is 5.82 Å². The Balaban J connectivity index is 2.21. The van der Waals surface area contributed by atoms with Crippen molar-refractivity contribution >= 4 is 27.5 Å². The molecule has 1 N–H and O–H groups in total. The number of hydrogen-bond acceptors (Lipinski definition) is 2. The molecule has 2 rings (SSSR count). The second-order valence-electron chi connectivity index (χ2n) is 4.17. The standard InChI is InChI=1S/C15H13BrFNO2/c1-20-9-11-4-2-3-5-14(11)18-15(19)10-6-7-12(16)13(17)8-10/h2-8H,9H2,1H3,(H,18,19). The van der Waals surface area contributed by atoms with Crippen molar-refractivity contribution < 1.29 is 13.9 Å². The molecule has 0 aliphatic heterocycles. The number of carbonyl (C=O) groups is 1. The first-order chi connectivity index (χ1) is 9.61. The smallest absolute Gasteiger partial charge is 0.255 e. The summed E-state index contributed by atoms with van der Waals surface area (Å²) in [4.78, 5) is 12.1. The molecule has 5 heteroatoms. The van der Waals surface area contributed by atoms with Gasteiger partial charge in [-0.2, -0.15) is 0 Å². The van der Waals surface area contributed by atoms with Crippen molar-refractivity contribution in [3.8, 4) is 0 Å². The molecule has 0 aromatic heterocycles. The molecule has 0 saturated heterocycles. The van der Waals surface area contributed by atoms with Crippen LogP contribution in [0.25, 0.3) is 0 Å². The van der Waals surface area contributed by atoms with Crippen LogP contribution in [0.5, 0.6) is 0 Å². The van der Waals surface area contributed by atoms with Gasteiger partial charge in [-0.15, -0.1) is 0 Å². The van der Waals surface area contributed by atoms with Gasteiger partial charge in [0.2, 0.25) is 0 Å². The quantitative estimate of drug-likeness (QED) is 0.916. The minimum absolute atomic E-state index is 0.262. The first kappa shape index (κ1) is 14.7. The largest absolute Gasteiger partial charge is 0.380 e. The molecule has 0 bridgehead atoms. The Bertz CT molecular complexity index is 631. The van der Waals surface area contributed by atoms with Gasteiger partial charge in [-0.1, -0.05) is 18.2 Å². The fourth-order valence-corrected chi connectivity index (χ4v) is 2.00. The number of para-hydroxylation sites is 1. The maximum absolute atomic E-state index is 13.4. The van der Waals surface area contributed by atoms with Crippen molar-refractivity contribution in [1.82, 2.24) is 0 Å². The summed E-state index contributed by atoms with van der Waals surface area (Å²) in [6.45, 7) is 0.394. The van der Waals surface area contributed by atoms with Crippen molar-refractivity contribution in [2.75, 3.05) is 12.4 Å². The summed E-state index contributed by atoms with van der Waals surface area (Å²) in [5, 5.41) is 2.76. The molecular weight excluding hydrogens is 325 g/mol. The van der Waals surface area contributed by atoms with E-state index in [4.69, 9.17) is 4.74 Å². The molecule has 0 aliphatic carbocycles. The van der Waals surface area contributed by atoms with Gasteiger partial charge >= 0.3 is 0 Å². The van der Waals surface area contributed by atoms with E-state index in [1.807, 2.05) is 18.2 Å². The van der Waals surface area contributed by atoms with Gasteiger partial charge in [-0.25, -0.2) is 4.39 Å². The average molecular weight is 338 g/mol. The first-order valence-corrected chi connectivity index (χ1v) is 6.74. The molecule has 0 atom stereocenters. The highest BCUT2D eigenvalue weighted by atomic mass is 79.9. The summed E-state index contributed by atoms with van der Waals surface area (Å²) in [5.74, 6) is -0.831. The van der Waals surface area contributed by atoms with Crippen LogP contribution >= 0.6 is 15.9 Å². The maximum atomic E-state index is 13.4. The third kappa shape index (κ3) is 3.43. The van der Waals surface area contributed by atoms with Crippen LogP contribution in [-0.4, -0.2) is 13.0 Å². The maximum Gasteiger partial charge on any atom is 0.255 e. The van der Waals surface area contributed by atoms with Gasteiger partial charge in [0.25, 0.3) is 5.91 Å². The minimum Gasteiger partial charge on any atom is -0.380 e. The van der Waals surface area contributed by atoms with Crippen molar-refractivity contribution in [2.24, 2.45) is 0 Å². The number of benzene rings is 2. The topological polar surface area (TPSA) is 38.3 Å². The zero-order chi connectivity index (χ0) is 14.5. The van der Waals surface area contributed by atoms with Crippen LogP contribution in [-0.2, 0) is 11.3 Å². The highest BCUT2D eigenvalue weighted by Gasteiger charge is 2.11. The van der Waals surface area contributed by atoms with Gasteiger partial charge in [0.05, 0.1) is 11.1 Å². The SMILES string of the molecule is COCc1ccccc1NC(=O)c1ccc(Br)c(F)c1. The first-order valence-electron chi connectivity index (χ1n) is 5.95. The van der Waals surface area contributed by atoms with Crippen LogP contribution in [0, 0.1) is 5.82 Å². The van der Waals surface area contributed by atoms with E-state index in [9.17, 15) is 9.18 Å². The monoisotopic (exact) mass is 337 g/mol. The Morgan fingerprint density at radius 3 is 2.75 bits per heavy atom. The molecule has 0 spiro atoms. The van der Waals surface area contributed by atoms with Gasteiger partial charge < -0.3 is 10.1 Å². The zero-order valence-electron chi connectivity index (χ0n) is 10.8. The average Bonchev–Trinajstić information content (AvgIpc) is 2.44. The summed E-state index contributed by atoms with van der Waals surface area (Å²) in [7, 11) is 1.59. The van der Waals surface area contributed by atoms with Gasteiger partial charge in [0.1, 0.15) is 5.82 Å². The molecule has 2 aromatic rings. The normalized spacial score (nSPS) is 10.3. The van der Waals surface area contributed by atoms with E-state index in [0.29, 0.717) is 16.8 Å². The molecule has 0 fully saturated rings. The molecular formula is C15H13BrFNO2. The predicted octanol–water partition coefficient (Wildman–Crippen LogP) is 3.99. The van der Waals surface area contributed by atoms with Gasteiger partial charge in [0, 0.05) is 23.9 Å². The number of ether oxygens (including phenoxy) is 1. The third-order valence-electron chi connectivity index (χ3n) is 2.75. The Hall–Kier alpha value is -1.72. The lowest BCUT2D eigenvalue weighted by Gasteiger charge is -2.10. The molecule has 0 saturated carbocycles. The number of methoxy groups -OCH3 is 1. The summed E-state index contributed by atoms with van der Waals surface area (Å²) in [5.41, 5.74) is 1.78. The Kier molecular flexibility index (Phi) is 4.87. The lowest BCUT2D eigenvalue weighted by Crippen LogP contribution is -2.13. The van der Waals surface area contributed by atoms with E-state index in [0.717, 1.165) is 5.56 Å². The Morgan fingerprint density at radius 2 is 2.05 bits per heavy atom. The summed E-state index contributed by atoms with van der Waals surface area (Å²) < 4.78 is 18.8. The molecule has 1 amide bonds. The van der Waals surface area contributed by atoms with Gasteiger partial charge in [-0.05, 0) is 40.2 Å². The number of amides is 1. The molecule has 104 valence electrons. The van der Waals surface area contributed by atoms with Crippen molar-refractivity contribution in [1.29, 1.82) is 0 Å². The summed E-state index contributed by atoms with van der Waals surface area (Å²) >= 11 is 3.05. The minimum atomic E-state index is -0.470. The van der Waals surface area contributed by atoms with E-state index in [-0.39, 0.29) is 11.5 Å². The van der Waals surface area contributed by atoms with Crippen molar-refractivity contribution in [3.05, 3.63) is 63.9 Å². The zero-order valence-corrected chi connectivity index (χ0v) is 12.4. The van der Waals surface area contributed by atoms with Crippen LogP contribution in [0.15, 0.2) is 46.9 Å². The molecule has 0 unspecified atom stereocenters. The highest BCUT2D eigenvalue weighted by Crippen LogP contribution is 2.19. The second-order valence-corrected chi connectivity index (χ2v) is 5.03. The van der Waals surface area contributed by atoms with Crippen LogP contribution < -0.4 is 5.32 Å². The Labute approximate surface area is 124 Å². The molecule has 0 heterocycles. The second kappa shape index (κ2) is 6.63. The molecule has 0 aliphatic rings. The van der Waals surface area contributed by atoms with Gasteiger partial charge in [0.15, 0.2) is 0 Å². The van der Waals surface area contributed by atoms with Crippen LogP contribution in [0.3, 0.4) is 0 Å². The number of carbonyl (C=O) groups excluding carboxylic acids is 1. The van der Waals surface area contributed by atoms with E-state index >= 15 is 0 Å². The molecule has 20 heavy (non-hydrogen) atoms. The lowest BCUT2D eigenvalue weighted by atomic mass is 10.1. The molecule has 0 radical (unpaired) electrons. The number of rotatable bonds is 4. The number of anilines is 1. The van der Waals surface area contributed by atoms with Crippen molar-refractivity contribution in [3.63, 3.8) is 0 Å². The highest BCUT2D eigenvalue weighted by molar-refractivity contribution is 9.10. The number of nitrogens with one attached hydrogen (secondary N) is 1. The van der Waals surface area contributed by atoms with E-state index in [1.54, 1.807) is 19.2 Å². The van der Waals surface area contributed by atoms with Gasteiger partial charge in [-0.3, -0.25) is 4.79 Å². The number of hydrogen-bond donors (Lipinski definition) is 1. The summed E-state index contributed by atoms with van der Waals surface area (Å²) in [6, 6.07) is 11.6. The van der Waals surface area contributed by atoms with E-state index in [2.05, 4.69) is 21.2 Å². The fraction of sp³-hybridized carbons (Fsp3) is 0.133. The lowest BCUT2D eigenvalue weighted by molar-refractivity contribution is 0.102. The summed E-state index contributed by atoms with van der Waals surface area (Å²) in [6.07, 6.45) is 0. The predicted molar refractivity (Wildman–Crippen MR) is 79.2 cm³/mol. The fourth-order valence-electron chi connectivity index (χ4n) is 1.76. The van der Waals surface area contributed by atoms with Crippen LogP contribution in [0.4, 0.5) is 10.1 Å². The third-order valence-corrected chi connectivity index (χ3v) is 3.39. The number of halogens is 2. The van der Waals surface area contributed by atoms with Crippen LogP contribution in [0.2, 0.25) is 0 Å². The molecule has 2 aromatic carbocycles. The van der Waals surface area contributed by atoms with E-state index in [1.165, 1.54) is 12.1 Å². The Morgan fingerprint density at radius 1 is 1.30 bits per heavy atom. The molecule has 3 nitrogen and oxygen atoms in total. The van der Waals surface area contributed by atoms with Crippen LogP contribution in [0.1, 0.15) is 15.9 Å². The van der Waals surface area contributed by atoms with Crippen molar-refractivity contribution in [2.45, 2.75) is 6.61 Å².